The minimum atomic E-state index is -0.560. The van der Waals surface area contributed by atoms with Crippen LogP contribution < -0.4 is 0 Å². The van der Waals surface area contributed by atoms with Crippen LogP contribution in [0.1, 0.15) is 45.9 Å². The molecular weight excluding hydrogens is 452 g/mol. The Bertz CT molecular complexity index is 1520. The minimum Gasteiger partial charge on any atom is -0.508 e. The molecule has 0 amide bonds. The van der Waals surface area contributed by atoms with Crippen LogP contribution in [0.5, 0.6) is 11.5 Å². The van der Waals surface area contributed by atoms with Crippen molar-refractivity contribution in [3.05, 3.63) is 154 Å². The highest BCUT2D eigenvalue weighted by atomic mass is 16.3. The maximum atomic E-state index is 10.6. The van der Waals surface area contributed by atoms with E-state index in [4.69, 9.17) is 0 Å². The average molecular weight is 483 g/mol. The van der Waals surface area contributed by atoms with Gasteiger partial charge in [0.2, 0.25) is 0 Å². The van der Waals surface area contributed by atoms with Crippen LogP contribution in [0.4, 0.5) is 0 Å². The van der Waals surface area contributed by atoms with E-state index in [-0.39, 0.29) is 11.5 Å². The summed E-state index contributed by atoms with van der Waals surface area (Å²) in [5.41, 5.74) is 10.3. The first kappa shape index (κ1) is 23.1. The number of aryl methyl sites for hydroxylation is 3. The van der Waals surface area contributed by atoms with Crippen LogP contribution in [-0.4, -0.2) is 10.2 Å². The van der Waals surface area contributed by atoms with Gasteiger partial charge in [-0.3, -0.25) is 0 Å². The third-order valence-electron chi connectivity index (χ3n) is 7.86. The summed E-state index contributed by atoms with van der Waals surface area (Å²) in [6, 6.07) is 39.6. The molecule has 182 valence electrons. The van der Waals surface area contributed by atoms with Crippen molar-refractivity contribution in [3.63, 3.8) is 0 Å². The first-order valence-corrected chi connectivity index (χ1v) is 13.0. The summed E-state index contributed by atoms with van der Waals surface area (Å²) in [6.45, 7) is 2.17. The maximum absolute atomic E-state index is 10.6. The van der Waals surface area contributed by atoms with Crippen molar-refractivity contribution in [1.82, 2.24) is 0 Å². The highest BCUT2D eigenvalue weighted by Gasteiger charge is 2.46. The van der Waals surface area contributed by atoms with Gasteiger partial charge >= 0.3 is 0 Å². The van der Waals surface area contributed by atoms with Crippen LogP contribution in [-0.2, 0) is 24.7 Å². The van der Waals surface area contributed by atoms with Crippen LogP contribution in [0.25, 0.3) is 11.1 Å². The van der Waals surface area contributed by atoms with Gasteiger partial charge in [-0.15, -0.1) is 0 Å². The van der Waals surface area contributed by atoms with E-state index in [2.05, 4.69) is 85.8 Å². The number of fused-ring (bicyclic) bond motifs is 3. The van der Waals surface area contributed by atoms with Crippen molar-refractivity contribution in [2.75, 3.05) is 0 Å². The fraction of sp³-hybridized carbons (Fsp3) is 0.143. The van der Waals surface area contributed by atoms with Gasteiger partial charge in [0.25, 0.3) is 0 Å². The first-order chi connectivity index (χ1) is 18.1. The molecule has 0 aromatic heterocycles. The molecule has 6 rings (SSSR count). The molecule has 5 aromatic rings. The summed E-state index contributed by atoms with van der Waals surface area (Å²) in [4.78, 5) is 0. The zero-order valence-corrected chi connectivity index (χ0v) is 21.0. The van der Waals surface area contributed by atoms with Crippen molar-refractivity contribution in [3.8, 4) is 22.6 Å². The Morgan fingerprint density at radius 3 is 1.73 bits per heavy atom. The van der Waals surface area contributed by atoms with Gasteiger partial charge in [0.15, 0.2) is 0 Å². The van der Waals surface area contributed by atoms with Crippen molar-refractivity contribution in [2.24, 2.45) is 0 Å². The summed E-state index contributed by atoms with van der Waals surface area (Å²) in [7, 11) is 0. The number of hydrogen-bond donors (Lipinski definition) is 2. The second-order valence-electron chi connectivity index (χ2n) is 9.90. The second kappa shape index (κ2) is 9.29. The van der Waals surface area contributed by atoms with Gasteiger partial charge in [0.1, 0.15) is 11.5 Å². The SMILES string of the molecule is CCc1ccc(CCc2cc(O)ccc2C2(c3ccc(O)cc3)c3ccccc3-c3ccccc32)cc1. The largest absolute Gasteiger partial charge is 0.508 e. The molecule has 0 spiro atoms. The Morgan fingerprint density at radius 2 is 1.11 bits per heavy atom. The number of rotatable bonds is 6. The summed E-state index contributed by atoms with van der Waals surface area (Å²) in [5, 5.41) is 20.7. The Labute approximate surface area is 218 Å². The topological polar surface area (TPSA) is 40.5 Å². The molecule has 0 radical (unpaired) electrons. The van der Waals surface area contributed by atoms with E-state index in [1.807, 2.05) is 18.2 Å². The molecule has 0 heterocycles. The Balaban J connectivity index is 1.58. The zero-order chi connectivity index (χ0) is 25.4. The highest BCUT2D eigenvalue weighted by Crippen LogP contribution is 2.57. The van der Waals surface area contributed by atoms with Crippen molar-refractivity contribution in [2.45, 2.75) is 31.6 Å². The molecule has 0 atom stereocenters. The monoisotopic (exact) mass is 482 g/mol. The molecule has 1 aliphatic carbocycles. The number of benzene rings is 5. The third-order valence-corrected chi connectivity index (χ3v) is 7.86. The molecule has 0 saturated heterocycles. The van der Waals surface area contributed by atoms with Gasteiger partial charge in [0.05, 0.1) is 5.41 Å². The number of phenols is 2. The summed E-state index contributed by atoms with van der Waals surface area (Å²) < 4.78 is 0. The van der Waals surface area contributed by atoms with E-state index in [9.17, 15) is 10.2 Å². The van der Waals surface area contributed by atoms with Crippen LogP contribution in [0.2, 0.25) is 0 Å². The van der Waals surface area contributed by atoms with Gasteiger partial charge in [-0.05, 0) is 93.6 Å². The smallest absolute Gasteiger partial charge is 0.115 e. The lowest BCUT2D eigenvalue weighted by atomic mass is 9.66. The third kappa shape index (κ3) is 3.81. The fourth-order valence-electron chi connectivity index (χ4n) is 6.08. The minimum absolute atomic E-state index is 0.250. The molecule has 0 bridgehead atoms. The van der Waals surface area contributed by atoms with Gasteiger partial charge in [-0.2, -0.15) is 0 Å². The van der Waals surface area contributed by atoms with Gasteiger partial charge in [-0.25, -0.2) is 0 Å². The number of hydrogen-bond acceptors (Lipinski definition) is 2. The highest BCUT2D eigenvalue weighted by molar-refractivity contribution is 5.86. The predicted octanol–water partition coefficient (Wildman–Crippen LogP) is 7.81. The second-order valence-corrected chi connectivity index (χ2v) is 9.90. The number of aromatic hydroxyl groups is 2. The molecule has 0 fully saturated rings. The van der Waals surface area contributed by atoms with Crippen molar-refractivity contribution < 1.29 is 10.2 Å². The van der Waals surface area contributed by atoms with Gasteiger partial charge in [-0.1, -0.05) is 97.9 Å². The summed E-state index contributed by atoms with van der Waals surface area (Å²) in [6.07, 6.45) is 2.72. The molecule has 5 aromatic carbocycles. The summed E-state index contributed by atoms with van der Waals surface area (Å²) in [5.74, 6) is 0.528. The van der Waals surface area contributed by atoms with E-state index in [0.717, 1.165) is 30.4 Å². The lowest BCUT2D eigenvalue weighted by Gasteiger charge is -2.35. The zero-order valence-electron chi connectivity index (χ0n) is 21.0. The quantitative estimate of drug-likeness (QED) is 0.254. The molecule has 2 N–H and O–H groups in total. The van der Waals surface area contributed by atoms with Gasteiger partial charge < -0.3 is 10.2 Å². The van der Waals surface area contributed by atoms with E-state index in [1.54, 1.807) is 18.2 Å². The Morgan fingerprint density at radius 1 is 0.541 bits per heavy atom. The average Bonchev–Trinajstić information content (AvgIpc) is 3.24. The molecule has 2 nitrogen and oxygen atoms in total. The van der Waals surface area contributed by atoms with Crippen LogP contribution in [0.3, 0.4) is 0 Å². The lowest BCUT2D eigenvalue weighted by molar-refractivity contribution is 0.473. The molecule has 0 aliphatic heterocycles. The van der Waals surface area contributed by atoms with Gasteiger partial charge in [0, 0.05) is 0 Å². The number of phenolic OH excluding ortho intramolecular Hbond substituents is 2. The standard InChI is InChI=1S/C35H30O2/c1-2-24-11-13-25(14-12-24)15-16-26-23-29(37)21-22-32(26)35(27-17-19-28(36)20-18-27)33-9-5-3-7-30(33)31-8-4-6-10-34(31)35/h3-14,17-23,36-37H,2,15-16H2,1H3. The van der Waals surface area contributed by atoms with Crippen LogP contribution in [0, 0.1) is 0 Å². The molecular formula is C35H30O2. The van der Waals surface area contributed by atoms with Crippen LogP contribution >= 0.6 is 0 Å². The Kier molecular flexibility index (Phi) is 5.81. The van der Waals surface area contributed by atoms with Crippen LogP contribution in [0.15, 0.2) is 115 Å². The van der Waals surface area contributed by atoms with E-state index < -0.39 is 5.41 Å². The van der Waals surface area contributed by atoms with E-state index in [0.29, 0.717) is 0 Å². The molecule has 37 heavy (non-hydrogen) atoms. The fourth-order valence-corrected chi connectivity index (χ4v) is 6.08. The molecule has 0 unspecified atom stereocenters. The Hall–Kier alpha value is -4.30. The molecule has 0 saturated carbocycles. The lowest BCUT2D eigenvalue weighted by Crippen LogP contribution is -2.30. The maximum Gasteiger partial charge on any atom is 0.115 e. The van der Waals surface area contributed by atoms with E-state index >= 15 is 0 Å². The van der Waals surface area contributed by atoms with Crippen molar-refractivity contribution >= 4 is 0 Å². The predicted molar refractivity (Wildman–Crippen MR) is 150 cm³/mol. The van der Waals surface area contributed by atoms with Crippen molar-refractivity contribution in [1.29, 1.82) is 0 Å². The first-order valence-electron chi connectivity index (χ1n) is 13.0. The normalized spacial score (nSPS) is 13.2. The van der Waals surface area contributed by atoms with E-state index in [1.165, 1.54) is 38.9 Å². The molecule has 1 aliphatic rings. The summed E-state index contributed by atoms with van der Waals surface area (Å²) >= 11 is 0. The molecule has 2 heteroatoms.